The normalized spacial score (nSPS) is 12.5. The highest BCUT2D eigenvalue weighted by Crippen LogP contribution is 2.36. The number of aromatic nitrogens is 1. The van der Waals surface area contributed by atoms with Crippen molar-refractivity contribution < 1.29 is 31.1 Å². The first-order valence-corrected chi connectivity index (χ1v) is 10.5. The highest BCUT2D eigenvalue weighted by molar-refractivity contribution is 7.89. The molecule has 1 aromatic heterocycles. The van der Waals surface area contributed by atoms with Gasteiger partial charge in [-0.1, -0.05) is 35.3 Å². The van der Waals surface area contributed by atoms with Crippen LogP contribution in [0.1, 0.15) is 31.9 Å². The number of rotatable bonds is 4. The molecule has 0 spiro atoms. The van der Waals surface area contributed by atoms with E-state index >= 15 is 0 Å². The molecule has 0 bridgehead atoms. The summed E-state index contributed by atoms with van der Waals surface area (Å²) in [5.74, 6) is 0. The van der Waals surface area contributed by atoms with Crippen LogP contribution in [0.4, 0.5) is 18.0 Å². The van der Waals surface area contributed by atoms with Crippen LogP contribution < -0.4 is 0 Å². The van der Waals surface area contributed by atoms with Gasteiger partial charge in [-0.3, -0.25) is 0 Å². The summed E-state index contributed by atoms with van der Waals surface area (Å²) in [5.41, 5.74) is -2.40. The molecule has 164 valence electrons. The van der Waals surface area contributed by atoms with E-state index in [9.17, 15) is 26.4 Å². The molecule has 30 heavy (non-hydrogen) atoms. The average Bonchev–Trinajstić information content (AvgIpc) is 2.56. The molecule has 0 radical (unpaired) electrons. The van der Waals surface area contributed by atoms with Crippen molar-refractivity contribution in [2.45, 2.75) is 44.0 Å². The maximum absolute atomic E-state index is 13.4. The minimum Gasteiger partial charge on any atom is -0.443 e. The van der Waals surface area contributed by atoms with Crippen LogP contribution in [-0.2, 0) is 27.5 Å². The third-order valence-corrected chi connectivity index (χ3v) is 5.66. The molecule has 0 atom stereocenters. The van der Waals surface area contributed by atoms with Crippen LogP contribution in [0.3, 0.4) is 0 Å². The van der Waals surface area contributed by atoms with Crippen molar-refractivity contribution in [2.75, 3.05) is 0 Å². The van der Waals surface area contributed by atoms with E-state index in [1.807, 2.05) is 0 Å². The highest BCUT2D eigenvalue weighted by Gasteiger charge is 2.41. The first kappa shape index (κ1) is 24.2. The third kappa shape index (κ3) is 5.99. The zero-order valence-corrected chi connectivity index (χ0v) is 18.3. The molecule has 0 aliphatic carbocycles. The number of benzene rings is 1. The van der Waals surface area contributed by atoms with Crippen molar-refractivity contribution in [1.29, 1.82) is 0 Å². The lowest BCUT2D eigenvalue weighted by atomic mass is 10.2. The van der Waals surface area contributed by atoms with E-state index in [-0.39, 0.29) is 20.2 Å². The van der Waals surface area contributed by atoms with Gasteiger partial charge in [-0.2, -0.15) is 17.5 Å². The molecule has 2 aromatic rings. The minimum absolute atomic E-state index is 0.0882. The Morgan fingerprint density at radius 3 is 2.13 bits per heavy atom. The van der Waals surface area contributed by atoms with Crippen molar-refractivity contribution >= 4 is 39.3 Å². The number of ether oxygens (including phenoxy) is 1. The summed E-state index contributed by atoms with van der Waals surface area (Å²) in [7, 11) is -4.98. The fourth-order valence-corrected chi connectivity index (χ4v) is 4.38. The van der Waals surface area contributed by atoms with E-state index in [2.05, 4.69) is 4.98 Å². The number of halogens is 5. The molecular formula is C18H17Cl2F3N2O4S. The van der Waals surface area contributed by atoms with Crippen molar-refractivity contribution in [3.8, 4) is 0 Å². The number of hydrogen-bond acceptors (Lipinski definition) is 5. The van der Waals surface area contributed by atoms with Gasteiger partial charge in [0.05, 0.1) is 17.0 Å². The van der Waals surface area contributed by atoms with Crippen molar-refractivity contribution in [3.63, 3.8) is 0 Å². The maximum atomic E-state index is 13.4. The number of carbonyl (C=O) groups is 1. The second-order valence-electron chi connectivity index (χ2n) is 7.11. The number of hydrogen-bond donors (Lipinski definition) is 0. The Labute approximate surface area is 181 Å². The van der Waals surface area contributed by atoms with Crippen molar-refractivity contribution in [1.82, 2.24) is 9.29 Å². The van der Waals surface area contributed by atoms with Gasteiger partial charge in [0.1, 0.15) is 15.9 Å². The predicted octanol–water partition coefficient (Wildman–Crippen LogP) is 5.53. The molecule has 0 aliphatic rings. The molecule has 0 aliphatic heterocycles. The standard InChI is InChI=1S/C18H17Cl2F3N2O4S/c1-17(2,3)29-16(26)25(10-11-8-14(19)24-15(20)9-11)30(27,28)13-7-5-4-6-12(13)18(21,22)23/h4-9H,10H2,1-3H3. The summed E-state index contributed by atoms with van der Waals surface area (Å²) in [6.07, 6.45) is -6.32. The first-order valence-electron chi connectivity index (χ1n) is 8.35. The minimum atomic E-state index is -4.98. The fourth-order valence-electron chi connectivity index (χ4n) is 2.38. The zero-order chi connectivity index (χ0) is 22.9. The Bertz CT molecular complexity index is 1030. The molecular weight excluding hydrogens is 468 g/mol. The number of nitrogens with zero attached hydrogens (tertiary/aromatic N) is 2. The SMILES string of the molecule is CC(C)(C)OC(=O)N(Cc1cc(Cl)nc(Cl)c1)S(=O)(=O)c1ccccc1C(F)(F)F. The van der Waals surface area contributed by atoms with Gasteiger partial charge in [-0.15, -0.1) is 0 Å². The summed E-state index contributed by atoms with van der Waals surface area (Å²) >= 11 is 11.6. The summed E-state index contributed by atoms with van der Waals surface area (Å²) < 4.78 is 71.8. The van der Waals surface area contributed by atoms with Gasteiger partial charge < -0.3 is 4.74 Å². The van der Waals surface area contributed by atoms with Crippen LogP contribution in [0.25, 0.3) is 0 Å². The van der Waals surface area contributed by atoms with Crippen LogP contribution in [0.2, 0.25) is 10.3 Å². The largest absolute Gasteiger partial charge is 0.443 e. The molecule has 1 aromatic carbocycles. The first-order chi connectivity index (χ1) is 13.6. The zero-order valence-electron chi connectivity index (χ0n) is 16.0. The van der Waals surface area contributed by atoms with E-state index in [1.165, 1.54) is 32.9 Å². The van der Waals surface area contributed by atoms with Crippen LogP contribution in [0.15, 0.2) is 41.3 Å². The van der Waals surface area contributed by atoms with E-state index in [4.69, 9.17) is 27.9 Å². The Hall–Kier alpha value is -2.04. The molecule has 6 nitrogen and oxygen atoms in total. The average molecular weight is 485 g/mol. The maximum Gasteiger partial charge on any atom is 0.424 e. The lowest BCUT2D eigenvalue weighted by molar-refractivity contribution is -0.139. The summed E-state index contributed by atoms with van der Waals surface area (Å²) in [6.45, 7) is 3.78. The van der Waals surface area contributed by atoms with Gasteiger partial charge in [0.25, 0.3) is 10.0 Å². The number of carbonyl (C=O) groups excluding carboxylic acids is 1. The van der Waals surface area contributed by atoms with Crippen LogP contribution in [0, 0.1) is 0 Å². The number of amides is 1. The molecule has 0 N–H and O–H groups in total. The molecule has 2 rings (SSSR count). The van der Waals surface area contributed by atoms with Gasteiger partial charge >= 0.3 is 12.3 Å². The summed E-state index contributed by atoms with van der Waals surface area (Å²) in [6, 6.07) is 6.01. The lowest BCUT2D eigenvalue weighted by Gasteiger charge is -2.28. The van der Waals surface area contributed by atoms with Gasteiger partial charge in [0.2, 0.25) is 0 Å². The van der Waals surface area contributed by atoms with Gasteiger partial charge in [-0.25, -0.2) is 18.2 Å². The van der Waals surface area contributed by atoms with E-state index in [0.717, 1.165) is 18.2 Å². The number of alkyl halides is 3. The third-order valence-electron chi connectivity index (χ3n) is 3.51. The molecule has 12 heteroatoms. The second-order valence-corrected chi connectivity index (χ2v) is 9.71. The van der Waals surface area contributed by atoms with E-state index in [0.29, 0.717) is 6.07 Å². The van der Waals surface area contributed by atoms with E-state index < -0.39 is 44.9 Å². The van der Waals surface area contributed by atoms with Gasteiger partial charge in [0.15, 0.2) is 0 Å². The quantitative estimate of drug-likeness (QED) is 0.532. The monoisotopic (exact) mass is 484 g/mol. The van der Waals surface area contributed by atoms with Crippen molar-refractivity contribution in [3.05, 3.63) is 57.8 Å². The van der Waals surface area contributed by atoms with E-state index in [1.54, 1.807) is 0 Å². The summed E-state index contributed by atoms with van der Waals surface area (Å²) in [4.78, 5) is 15.3. The highest BCUT2D eigenvalue weighted by atomic mass is 35.5. The molecule has 0 unspecified atom stereocenters. The van der Waals surface area contributed by atoms with Crippen LogP contribution in [-0.4, -0.2) is 29.4 Å². The molecule has 1 heterocycles. The molecule has 1 amide bonds. The molecule has 0 fully saturated rings. The number of sulfonamides is 1. The van der Waals surface area contributed by atoms with Gasteiger partial charge in [-0.05, 0) is 50.6 Å². The Morgan fingerprint density at radius 2 is 1.63 bits per heavy atom. The Balaban J connectivity index is 2.62. The Morgan fingerprint density at radius 1 is 1.10 bits per heavy atom. The van der Waals surface area contributed by atoms with Crippen LogP contribution in [0.5, 0.6) is 0 Å². The topological polar surface area (TPSA) is 76.6 Å². The van der Waals surface area contributed by atoms with Crippen LogP contribution >= 0.6 is 23.2 Å². The van der Waals surface area contributed by atoms with Crippen molar-refractivity contribution in [2.24, 2.45) is 0 Å². The summed E-state index contributed by atoms with van der Waals surface area (Å²) in [5, 5.41) is -0.176. The molecule has 0 saturated heterocycles. The van der Waals surface area contributed by atoms with Gasteiger partial charge in [0, 0.05) is 0 Å². The predicted molar refractivity (Wildman–Crippen MR) is 105 cm³/mol. The molecule has 0 saturated carbocycles. The lowest BCUT2D eigenvalue weighted by Crippen LogP contribution is -2.41. The second kappa shape index (κ2) is 8.60. The smallest absolute Gasteiger partial charge is 0.424 e. The Kier molecular flexibility index (Phi) is 6.95. The fraction of sp³-hybridized carbons (Fsp3) is 0.333. The number of pyridine rings is 1.